The third-order valence-corrected chi connectivity index (χ3v) is 3.80. The molecule has 0 radical (unpaired) electrons. The molecule has 1 unspecified atom stereocenters. The Kier molecular flexibility index (Phi) is 4.06. The zero-order valence-electron chi connectivity index (χ0n) is 10.8. The lowest BCUT2D eigenvalue weighted by Crippen LogP contribution is -2.26. The summed E-state index contributed by atoms with van der Waals surface area (Å²) in [6.07, 6.45) is 0. The van der Waals surface area contributed by atoms with Crippen molar-refractivity contribution in [3.63, 3.8) is 0 Å². The number of amides is 1. The fourth-order valence-electron chi connectivity index (χ4n) is 1.76. The molecular weight excluding hydrogens is 260 g/mol. The van der Waals surface area contributed by atoms with Crippen LogP contribution in [0.1, 0.15) is 28.2 Å². The molecule has 2 rings (SSSR count). The van der Waals surface area contributed by atoms with Gasteiger partial charge in [-0.15, -0.1) is 11.3 Å². The summed E-state index contributed by atoms with van der Waals surface area (Å²) in [6, 6.07) is 8.92. The van der Waals surface area contributed by atoms with Gasteiger partial charge in [-0.3, -0.25) is 4.79 Å². The van der Waals surface area contributed by atoms with Crippen molar-refractivity contribution in [1.29, 1.82) is 0 Å². The van der Waals surface area contributed by atoms with Gasteiger partial charge in [0, 0.05) is 22.2 Å². The van der Waals surface area contributed by atoms with Gasteiger partial charge in [0.1, 0.15) is 5.75 Å². The Bertz CT molecular complexity index is 567. The molecule has 0 bridgehead atoms. The number of benzene rings is 1. The molecule has 0 saturated carbocycles. The van der Waals surface area contributed by atoms with E-state index in [1.165, 1.54) is 0 Å². The molecule has 19 heavy (non-hydrogen) atoms. The van der Waals surface area contributed by atoms with Crippen molar-refractivity contribution < 1.29 is 9.53 Å². The summed E-state index contributed by atoms with van der Waals surface area (Å²) in [6.45, 7) is 1.95. The molecule has 0 saturated heterocycles. The molecule has 5 heteroatoms. The molecular formula is C14H16N2O2S. The van der Waals surface area contributed by atoms with E-state index < -0.39 is 0 Å². The maximum Gasteiger partial charge on any atom is 0.251 e. The molecule has 0 fully saturated rings. The number of carbonyl (C=O) groups is 1. The largest absolute Gasteiger partial charge is 0.497 e. The number of hydrogen-bond donors (Lipinski definition) is 2. The van der Waals surface area contributed by atoms with Crippen LogP contribution in [0.4, 0.5) is 5.69 Å². The Morgan fingerprint density at radius 2 is 2.21 bits per heavy atom. The molecule has 1 aromatic heterocycles. The quantitative estimate of drug-likeness (QED) is 0.844. The van der Waals surface area contributed by atoms with Gasteiger partial charge >= 0.3 is 0 Å². The number of nitrogens with two attached hydrogens (primary N) is 1. The predicted octanol–water partition coefficient (Wildman–Crippen LogP) is 2.83. The van der Waals surface area contributed by atoms with Gasteiger partial charge < -0.3 is 15.8 Å². The molecule has 1 atom stereocenters. The fraction of sp³-hybridized carbons (Fsp3) is 0.214. The molecule has 0 aliphatic carbocycles. The van der Waals surface area contributed by atoms with E-state index in [-0.39, 0.29) is 11.9 Å². The highest BCUT2D eigenvalue weighted by molar-refractivity contribution is 7.10. The Balaban J connectivity index is 2.13. The summed E-state index contributed by atoms with van der Waals surface area (Å²) in [5.41, 5.74) is 6.75. The summed E-state index contributed by atoms with van der Waals surface area (Å²) < 4.78 is 5.11. The Morgan fingerprint density at radius 3 is 2.84 bits per heavy atom. The predicted molar refractivity (Wildman–Crippen MR) is 77.6 cm³/mol. The number of hydrogen-bond acceptors (Lipinski definition) is 4. The SMILES string of the molecule is COc1cc(N)cc(C(=O)NC(C)c2cccs2)c1. The Labute approximate surface area is 116 Å². The fourth-order valence-corrected chi connectivity index (χ4v) is 2.49. The van der Waals surface area contributed by atoms with Gasteiger partial charge in [0.15, 0.2) is 0 Å². The third-order valence-electron chi connectivity index (χ3n) is 2.74. The monoisotopic (exact) mass is 276 g/mol. The van der Waals surface area contributed by atoms with Crippen LogP contribution in [0.15, 0.2) is 35.7 Å². The van der Waals surface area contributed by atoms with Gasteiger partial charge in [0.05, 0.1) is 13.2 Å². The van der Waals surface area contributed by atoms with Crippen LogP contribution in [0.25, 0.3) is 0 Å². The molecule has 2 aromatic rings. The number of nitrogen functional groups attached to an aromatic ring is 1. The van der Waals surface area contributed by atoms with E-state index in [0.29, 0.717) is 17.0 Å². The van der Waals surface area contributed by atoms with Crippen LogP contribution < -0.4 is 15.8 Å². The second-order valence-corrected chi connectivity index (χ2v) is 5.18. The van der Waals surface area contributed by atoms with Crippen LogP contribution in [0.2, 0.25) is 0 Å². The lowest BCUT2D eigenvalue weighted by atomic mass is 10.1. The second-order valence-electron chi connectivity index (χ2n) is 4.21. The number of rotatable bonds is 4. The van der Waals surface area contributed by atoms with Crippen LogP contribution in [0, 0.1) is 0 Å². The summed E-state index contributed by atoms with van der Waals surface area (Å²) in [5.74, 6) is 0.417. The van der Waals surface area contributed by atoms with Crippen molar-refractivity contribution in [3.8, 4) is 5.75 Å². The lowest BCUT2D eigenvalue weighted by molar-refractivity contribution is 0.0940. The molecule has 1 amide bonds. The van der Waals surface area contributed by atoms with Gasteiger partial charge in [-0.05, 0) is 30.5 Å². The van der Waals surface area contributed by atoms with E-state index in [9.17, 15) is 4.79 Å². The van der Waals surface area contributed by atoms with Crippen LogP contribution in [0.3, 0.4) is 0 Å². The van der Waals surface area contributed by atoms with Crippen LogP contribution in [0.5, 0.6) is 5.75 Å². The molecule has 0 spiro atoms. The molecule has 3 N–H and O–H groups in total. The highest BCUT2D eigenvalue weighted by atomic mass is 32.1. The highest BCUT2D eigenvalue weighted by Crippen LogP contribution is 2.21. The van der Waals surface area contributed by atoms with Crippen molar-refractivity contribution >= 4 is 22.9 Å². The molecule has 1 aromatic carbocycles. The van der Waals surface area contributed by atoms with E-state index in [1.54, 1.807) is 36.6 Å². The first kappa shape index (κ1) is 13.4. The minimum atomic E-state index is -0.161. The van der Waals surface area contributed by atoms with Gasteiger partial charge in [0.25, 0.3) is 5.91 Å². The first-order valence-corrected chi connectivity index (χ1v) is 6.77. The van der Waals surface area contributed by atoms with Crippen molar-refractivity contribution in [2.45, 2.75) is 13.0 Å². The van der Waals surface area contributed by atoms with Crippen molar-refractivity contribution in [3.05, 3.63) is 46.2 Å². The smallest absolute Gasteiger partial charge is 0.251 e. The number of carbonyl (C=O) groups excluding carboxylic acids is 1. The van der Waals surface area contributed by atoms with Gasteiger partial charge in [-0.25, -0.2) is 0 Å². The lowest BCUT2D eigenvalue weighted by Gasteiger charge is -2.13. The number of anilines is 1. The number of thiophene rings is 1. The number of methoxy groups -OCH3 is 1. The van der Waals surface area contributed by atoms with Crippen LogP contribution in [-0.2, 0) is 0 Å². The van der Waals surface area contributed by atoms with E-state index in [4.69, 9.17) is 10.5 Å². The number of ether oxygens (including phenoxy) is 1. The Morgan fingerprint density at radius 1 is 1.42 bits per heavy atom. The van der Waals surface area contributed by atoms with E-state index in [2.05, 4.69) is 5.32 Å². The normalized spacial score (nSPS) is 11.9. The first-order chi connectivity index (χ1) is 9.10. The molecule has 0 aliphatic heterocycles. The minimum absolute atomic E-state index is 0.0278. The van der Waals surface area contributed by atoms with E-state index >= 15 is 0 Å². The highest BCUT2D eigenvalue weighted by Gasteiger charge is 2.13. The first-order valence-electron chi connectivity index (χ1n) is 5.89. The average molecular weight is 276 g/mol. The molecule has 100 valence electrons. The summed E-state index contributed by atoms with van der Waals surface area (Å²) in [5, 5.41) is 4.93. The summed E-state index contributed by atoms with van der Waals surface area (Å²) in [7, 11) is 1.55. The Hall–Kier alpha value is -2.01. The topological polar surface area (TPSA) is 64.3 Å². The zero-order valence-corrected chi connectivity index (χ0v) is 11.7. The maximum absolute atomic E-state index is 12.2. The molecule has 4 nitrogen and oxygen atoms in total. The van der Waals surface area contributed by atoms with Crippen molar-refractivity contribution in [1.82, 2.24) is 5.32 Å². The standard InChI is InChI=1S/C14H16N2O2S/c1-9(13-4-3-5-19-13)16-14(17)10-6-11(15)8-12(7-10)18-2/h3-9H,15H2,1-2H3,(H,16,17). The van der Waals surface area contributed by atoms with Crippen LogP contribution >= 0.6 is 11.3 Å². The molecule has 1 heterocycles. The molecule has 0 aliphatic rings. The maximum atomic E-state index is 12.2. The van der Waals surface area contributed by atoms with Crippen LogP contribution in [-0.4, -0.2) is 13.0 Å². The van der Waals surface area contributed by atoms with Crippen molar-refractivity contribution in [2.75, 3.05) is 12.8 Å². The average Bonchev–Trinajstić information content (AvgIpc) is 2.91. The second kappa shape index (κ2) is 5.75. The van der Waals surface area contributed by atoms with E-state index in [0.717, 1.165) is 4.88 Å². The van der Waals surface area contributed by atoms with Gasteiger partial charge in [-0.1, -0.05) is 6.07 Å². The van der Waals surface area contributed by atoms with Crippen molar-refractivity contribution in [2.24, 2.45) is 0 Å². The van der Waals surface area contributed by atoms with Gasteiger partial charge in [-0.2, -0.15) is 0 Å². The zero-order chi connectivity index (χ0) is 13.8. The minimum Gasteiger partial charge on any atom is -0.497 e. The summed E-state index contributed by atoms with van der Waals surface area (Å²) >= 11 is 1.61. The summed E-state index contributed by atoms with van der Waals surface area (Å²) in [4.78, 5) is 13.3. The van der Waals surface area contributed by atoms with Gasteiger partial charge in [0.2, 0.25) is 0 Å². The van der Waals surface area contributed by atoms with E-state index in [1.807, 2.05) is 24.4 Å². The third kappa shape index (κ3) is 3.26. The number of nitrogens with one attached hydrogen (secondary N) is 1.